The lowest BCUT2D eigenvalue weighted by Gasteiger charge is -2.24. The fraction of sp³-hybridized carbons (Fsp3) is 0.538. The predicted octanol–water partition coefficient (Wildman–Crippen LogP) is 1.98. The summed E-state index contributed by atoms with van der Waals surface area (Å²) in [6, 6.07) is 10.6. The van der Waals surface area contributed by atoms with Crippen molar-refractivity contribution in [2.75, 3.05) is 31.6 Å². The molecule has 2 nitrogen and oxygen atoms in total. The molecule has 1 aliphatic rings. The molecule has 0 aromatic heterocycles. The van der Waals surface area contributed by atoms with E-state index in [1.807, 2.05) is 0 Å². The highest BCUT2D eigenvalue weighted by molar-refractivity contribution is 5.45. The Balaban J connectivity index is 1.95. The molecule has 0 spiro atoms. The molecule has 1 aliphatic heterocycles. The fourth-order valence-electron chi connectivity index (χ4n) is 2.25. The molecular weight excluding hydrogens is 184 g/mol. The van der Waals surface area contributed by atoms with Crippen LogP contribution in [0.1, 0.15) is 6.92 Å². The average Bonchev–Trinajstić information content (AvgIpc) is 2.66. The Morgan fingerprint density at radius 1 is 1.27 bits per heavy atom. The Kier molecular flexibility index (Phi) is 3.27. The maximum Gasteiger partial charge on any atom is 0.0363 e. The van der Waals surface area contributed by atoms with Crippen LogP contribution in [0.5, 0.6) is 0 Å². The van der Waals surface area contributed by atoms with E-state index in [4.69, 9.17) is 0 Å². The lowest BCUT2D eigenvalue weighted by molar-refractivity contribution is 0.455. The van der Waals surface area contributed by atoms with Gasteiger partial charge in [-0.25, -0.2) is 0 Å². The Hall–Kier alpha value is -1.02. The van der Waals surface area contributed by atoms with E-state index in [0.29, 0.717) is 0 Å². The summed E-state index contributed by atoms with van der Waals surface area (Å²) in [4.78, 5) is 2.36. The van der Waals surface area contributed by atoms with Crippen molar-refractivity contribution in [3.8, 4) is 0 Å². The lowest BCUT2D eigenvalue weighted by Crippen LogP contribution is -2.28. The Morgan fingerprint density at radius 2 is 2.00 bits per heavy atom. The minimum absolute atomic E-state index is 0.787. The molecule has 2 heteroatoms. The fourth-order valence-corrected chi connectivity index (χ4v) is 2.25. The van der Waals surface area contributed by atoms with Crippen LogP contribution < -0.4 is 10.2 Å². The van der Waals surface area contributed by atoms with Crippen LogP contribution in [0.3, 0.4) is 0 Å². The second-order valence-electron chi connectivity index (χ2n) is 4.61. The van der Waals surface area contributed by atoms with Crippen LogP contribution in [-0.2, 0) is 0 Å². The van der Waals surface area contributed by atoms with E-state index in [1.165, 1.54) is 18.8 Å². The number of nitrogens with one attached hydrogen (secondary N) is 1. The first-order valence-corrected chi connectivity index (χ1v) is 5.74. The topological polar surface area (TPSA) is 15.3 Å². The Morgan fingerprint density at radius 3 is 2.60 bits per heavy atom. The third-order valence-electron chi connectivity index (χ3n) is 3.38. The van der Waals surface area contributed by atoms with Gasteiger partial charge in [-0.1, -0.05) is 25.1 Å². The molecule has 0 bridgehead atoms. The van der Waals surface area contributed by atoms with Crippen LogP contribution in [0.2, 0.25) is 0 Å². The zero-order valence-electron chi connectivity index (χ0n) is 9.61. The minimum Gasteiger partial charge on any atom is -0.374 e. The zero-order chi connectivity index (χ0) is 10.7. The molecule has 0 amide bonds. The van der Waals surface area contributed by atoms with Crippen molar-refractivity contribution in [2.45, 2.75) is 6.92 Å². The molecule has 82 valence electrons. The van der Waals surface area contributed by atoms with Gasteiger partial charge in [0.1, 0.15) is 0 Å². The summed E-state index contributed by atoms with van der Waals surface area (Å²) in [5.74, 6) is 1.59. The molecule has 1 saturated heterocycles. The summed E-state index contributed by atoms with van der Waals surface area (Å²) >= 11 is 0. The summed E-state index contributed by atoms with van der Waals surface area (Å²) in [6.45, 7) is 5.83. The van der Waals surface area contributed by atoms with Crippen molar-refractivity contribution >= 4 is 5.69 Å². The van der Waals surface area contributed by atoms with Gasteiger partial charge in [0.25, 0.3) is 0 Å². The highest BCUT2D eigenvalue weighted by atomic mass is 15.1. The monoisotopic (exact) mass is 204 g/mol. The standard InChI is InChI=1S/C13H20N2/c1-11-8-14-9-12(11)10-15(2)13-6-4-3-5-7-13/h3-7,11-12,14H,8-10H2,1-2H3. The average molecular weight is 204 g/mol. The summed E-state index contributed by atoms with van der Waals surface area (Å²) in [7, 11) is 2.18. The van der Waals surface area contributed by atoms with E-state index in [2.05, 4.69) is 54.5 Å². The SMILES string of the molecule is CC1CNCC1CN(C)c1ccccc1. The van der Waals surface area contributed by atoms with E-state index < -0.39 is 0 Å². The first kappa shape index (κ1) is 10.5. The van der Waals surface area contributed by atoms with Crippen LogP contribution in [0.15, 0.2) is 30.3 Å². The normalized spacial score (nSPS) is 25.5. The molecule has 0 saturated carbocycles. The third kappa shape index (κ3) is 2.51. The maximum atomic E-state index is 3.45. The van der Waals surface area contributed by atoms with Gasteiger partial charge in [0.15, 0.2) is 0 Å². The second kappa shape index (κ2) is 4.67. The predicted molar refractivity (Wildman–Crippen MR) is 65.2 cm³/mol. The van der Waals surface area contributed by atoms with Crippen LogP contribution >= 0.6 is 0 Å². The molecule has 1 aromatic rings. The first-order chi connectivity index (χ1) is 7.27. The summed E-state index contributed by atoms with van der Waals surface area (Å²) < 4.78 is 0. The van der Waals surface area contributed by atoms with Crippen molar-refractivity contribution in [3.63, 3.8) is 0 Å². The summed E-state index contributed by atoms with van der Waals surface area (Å²) in [5, 5.41) is 3.45. The van der Waals surface area contributed by atoms with Crippen LogP contribution in [-0.4, -0.2) is 26.7 Å². The number of rotatable bonds is 3. The van der Waals surface area contributed by atoms with Gasteiger partial charge in [-0.05, 0) is 37.1 Å². The number of benzene rings is 1. The molecule has 15 heavy (non-hydrogen) atoms. The van der Waals surface area contributed by atoms with Crippen molar-refractivity contribution in [3.05, 3.63) is 30.3 Å². The van der Waals surface area contributed by atoms with Gasteiger partial charge >= 0.3 is 0 Å². The van der Waals surface area contributed by atoms with Gasteiger partial charge in [-0.2, -0.15) is 0 Å². The Bertz CT molecular complexity index is 297. The van der Waals surface area contributed by atoms with Gasteiger partial charge in [0, 0.05) is 19.3 Å². The molecule has 1 heterocycles. The van der Waals surface area contributed by atoms with Crippen molar-refractivity contribution in [1.82, 2.24) is 5.32 Å². The number of para-hydroxylation sites is 1. The summed E-state index contributed by atoms with van der Waals surface area (Å²) in [5.41, 5.74) is 1.32. The van der Waals surface area contributed by atoms with Crippen LogP contribution in [0.4, 0.5) is 5.69 Å². The molecule has 1 fully saturated rings. The molecule has 0 aliphatic carbocycles. The molecule has 2 atom stereocenters. The first-order valence-electron chi connectivity index (χ1n) is 5.74. The summed E-state index contributed by atoms with van der Waals surface area (Å²) in [6.07, 6.45) is 0. The van der Waals surface area contributed by atoms with Crippen molar-refractivity contribution < 1.29 is 0 Å². The van der Waals surface area contributed by atoms with Crippen LogP contribution in [0, 0.1) is 11.8 Å². The van der Waals surface area contributed by atoms with Gasteiger partial charge in [-0.3, -0.25) is 0 Å². The van der Waals surface area contributed by atoms with Crippen molar-refractivity contribution in [1.29, 1.82) is 0 Å². The maximum absolute atomic E-state index is 3.45. The van der Waals surface area contributed by atoms with Gasteiger partial charge in [-0.15, -0.1) is 0 Å². The highest BCUT2D eigenvalue weighted by Crippen LogP contribution is 2.20. The van der Waals surface area contributed by atoms with Gasteiger partial charge in [0.05, 0.1) is 0 Å². The van der Waals surface area contributed by atoms with E-state index in [-0.39, 0.29) is 0 Å². The molecule has 1 aromatic carbocycles. The smallest absolute Gasteiger partial charge is 0.0363 e. The number of anilines is 1. The van der Waals surface area contributed by atoms with Crippen LogP contribution in [0.25, 0.3) is 0 Å². The quantitative estimate of drug-likeness (QED) is 0.810. The number of hydrogen-bond donors (Lipinski definition) is 1. The van der Waals surface area contributed by atoms with E-state index in [0.717, 1.165) is 18.4 Å². The van der Waals surface area contributed by atoms with Crippen molar-refractivity contribution in [2.24, 2.45) is 11.8 Å². The number of hydrogen-bond acceptors (Lipinski definition) is 2. The molecule has 2 rings (SSSR count). The molecule has 2 unspecified atom stereocenters. The molecule has 0 radical (unpaired) electrons. The van der Waals surface area contributed by atoms with E-state index in [1.54, 1.807) is 0 Å². The third-order valence-corrected chi connectivity index (χ3v) is 3.38. The lowest BCUT2D eigenvalue weighted by atomic mass is 9.97. The van der Waals surface area contributed by atoms with Gasteiger partial charge < -0.3 is 10.2 Å². The Labute approximate surface area is 92.3 Å². The van der Waals surface area contributed by atoms with E-state index in [9.17, 15) is 0 Å². The zero-order valence-corrected chi connectivity index (χ0v) is 9.61. The number of nitrogens with zero attached hydrogens (tertiary/aromatic N) is 1. The van der Waals surface area contributed by atoms with E-state index >= 15 is 0 Å². The molecule has 1 N–H and O–H groups in total. The van der Waals surface area contributed by atoms with Gasteiger partial charge in [0.2, 0.25) is 0 Å². The minimum atomic E-state index is 0.787. The second-order valence-corrected chi connectivity index (χ2v) is 4.61. The largest absolute Gasteiger partial charge is 0.374 e. The highest BCUT2D eigenvalue weighted by Gasteiger charge is 2.23. The molecular formula is C13H20N2.